The molecule has 2 rings (SSSR count). The van der Waals surface area contributed by atoms with Crippen LogP contribution in [0.2, 0.25) is 0 Å². The van der Waals surface area contributed by atoms with Gasteiger partial charge in [-0.1, -0.05) is 0 Å². The van der Waals surface area contributed by atoms with Crippen LogP contribution in [0.1, 0.15) is 5.56 Å². The van der Waals surface area contributed by atoms with Crippen LogP contribution in [-0.2, 0) is 0 Å². The van der Waals surface area contributed by atoms with Crippen molar-refractivity contribution in [3.63, 3.8) is 0 Å². The molecule has 1 fully saturated rings. The van der Waals surface area contributed by atoms with Gasteiger partial charge >= 0.3 is 0 Å². The largest absolute Gasteiger partial charge is 0.395 e. The third kappa shape index (κ3) is 2.77. The summed E-state index contributed by atoms with van der Waals surface area (Å²) in [5.41, 5.74) is 7.24. The highest BCUT2D eigenvalue weighted by molar-refractivity contribution is 6.00. The summed E-state index contributed by atoms with van der Waals surface area (Å²) < 4.78 is 0. The number of pyridine rings is 1. The van der Waals surface area contributed by atoms with Crippen LogP contribution in [0.3, 0.4) is 0 Å². The zero-order chi connectivity index (χ0) is 13.0. The first kappa shape index (κ1) is 12.8. The number of nitrogens with two attached hydrogens (primary N) is 1. The van der Waals surface area contributed by atoms with Gasteiger partial charge in [0.25, 0.3) is 0 Å². The normalized spacial score (nSPS) is 16.8. The van der Waals surface area contributed by atoms with Gasteiger partial charge in [-0.2, -0.15) is 0 Å². The maximum Gasteiger partial charge on any atom is 0.125 e. The Labute approximate surface area is 107 Å². The van der Waals surface area contributed by atoms with Crippen LogP contribution in [0.15, 0.2) is 18.5 Å². The van der Waals surface area contributed by atoms with Crippen molar-refractivity contribution in [2.24, 2.45) is 5.73 Å². The number of piperazine rings is 1. The van der Waals surface area contributed by atoms with E-state index in [4.69, 9.17) is 16.2 Å². The Balaban J connectivity index is 2.07. The topological polar surface area (TPSA) is 89.5 Å². The summed E-state index contributed by atoms with van der Waals surface area (Å²) in [4.78, 5) is 8.53. The highest BCUT2D eigenvalue weighted by atomic mass is 16.3. The van der Waals surface area contributed by atoms with E-state index in [9.17, 15) is 0 Å². The van der Waals surface area contributed by atoms with Crippen LogP contribution in [0, 0.1) is 5.41 Å². The van der Waals surface area contributed by atoms with Crippen molar-refractivity contribution in [2.45, 2.75) is 0 Å². The van der Waals surface area contributed by atoms with E-state index in [1.54, 1.807) is 18.5 Å². The van der Waals surface area contributed by atoms with Crippen LogP contribution in [-0.4, -0.2) is 60.2 Å². The summed E-state index contributed by atoms with van der Waals surface area (Å²) in [6.07, 6.45) is 3.42. The summed E-state index contributed by atoms with van der Waals surface area (Å²) in [6, 6.07) is 1.78. The molecule has 0 radical (unpaired) electrons. The molecule has 0 saturated carbocycles. The Morgan fingerprint density at radius 2 is 2.11 bits per heavy atom. The summed E-state index contributed by atoms with van der Waals surface area (Å²) in [5.74, 6) is 0.0742. The first-order valence-corrected chi connectivity index (χ1v) is 6.09. The molecular formula is C12H19N5O. The highest BCUT2D eigenvalue weighted by Gasteiger charge is 2.19. The molecule has 0 aromatic carbocycles. The average Bonchev–Trinajstić information content (AvgIpc) is 2.40. The van der Waals surface area contributed by atoms with Gasteiger partial charge in [-0.05, 0) is 6.07 Å². The van der Waals surface area contributed by atoms with Crippen LogP contribution in [0.25, 0.3) is 0 Å². The van der Waals surface area contributed by atoms with Gasteiger partial charge in [0.15, 0.2) is 0 Å². The average molecular weight is 249 g/mol. The molecule has 1 aliphatic heterocycles. The molecule has 1 saturated heterocycles. The molecule has 0 amide bonds. The van der Waals surface area contributed by atoms with Gasteiger partial charge in [0.2, 0.25) is 0 Å². The summed E-state index contributed by atoms with van der Waals surface area (Å²) >= 11 is 0. The first-order chi connectivity index (χ1) is 8.72. The Morgan fingerprint density at radius 3 is 2.72 bits per heavy atom. The molecule has 6 heteroatoms. The zero-order valence-corrected chi connectivity index (χ0v) is 10.3. The van der Waals surface area contributed by atoms with Crippen molar-refractivity contribution in [3.05, 3.63) is 24.0 Å². The van der Waals surface area contributed by atoms with E-state index < -0.39 is 0 Å². The van der Waals surface area contributed by atoms with E-state index in [-0.39, 0.29) is 12.4 Å². The number of rotatable bonds is 4. The number of hydrogen-bond acceptors (Lipinski definition) is 5. The zero-order valence-electron chi connectivity index (χ0n) is 10.3. The van der Waals surface area contributed by atoms with Gasteiger partial charge in [0, 0.05) is 44.5 Å². The fourth-order valence-electron chi connectivity index (χ4n) is 2.22. The predicted molar refractivity (Wildman–Crippen MR) is 71.0 cm³/mol. The second-order valence-electron chi connectivity index (χ2n) is 4.36. The second-order valence-corrected chi connectivity index (χ2v) is 4.36. The predicted octanol–water partition coefficient (Wildman–Crippen LogP) is -0.520. The molecule has 4 N–H and O–H groups in total. The number of aromatic nitrogens is 1. The Bertz CT molecular complexity index is 415. The van der Waals surface area contributed by atoms with Crippen molar-refractivity contribution < 1.29 is 5.11 Å². The molecule has 6 nitrogen and oxygen atoms in total. The van der Waals surface area contributed by atoms with Crippen molar-refractivity contribution in [1.29, 1.82) is 5.41 Å². The number of amidine groups is 1. The Hall–Kier alpha value is -1.66. The molecule has 0 atom stereocenters. The molecule has 1 aliphatic rings. The molecule has 98 valence electrons. The van der Waals surface area contributed by atoms with Crippen LogP contribution in [0.5, 0.6) is 0 Å². The quantitative estimate of drug-likeness (QED) is 0.493. The minimum absolute atomic E-state index is 0.0742. The second kappa shape index (κ2) is 5.79. The van der Waals surface area contributed by atoms with Crippen LogP contribution in [0.4, 0.5) is 5.69 Å². The lowest BCUT2D eigenvalue weighted by Gasteiger charge is -2.36. The van der Waals surface area contributed by atoms with Crippen molar-refractivity contribution in [3.8, 4) is 0 Å². The maximum absolute atomic E-state index is 8.91. The lowest BCUT2D eigenvalue weighted by Crippen LogP contribution is -2.47. The molecular weight excluding hydrogens is 230 g/mol. The number of nitrogen functional groups attached to an aromatic ring is 1. The van der Waals surface area contributed by atoms with Crippen molar-refractivity contribution in [1.82, 2.24) is 9.88 Å². The standard InChI is InChI=1S/C12H19N5O/c13-12(14)10-1-2-15-9-11(10)17-5-3-16(4-6-17)7-8-18/h1-2,9,18H,3-8H2,(H3,13,14). The van der Waals surface area contributed by atoms with Gasteiger partial charge < -0.3 is 15.7 Å². The van der Waals surface area contributed by atoms with Gasteiger partial charge in [-0.25, -0.2) is 0 Å². The number of nitrogens with zero attached hydrogens (tertiary/aromatic N) is 3. The summed E-state index contributed by atoms with van der Waals surface area (Å²) in [7, 11) is 0. The van der Waals surface area contributed by atoms with E-state index in [1.165, 1.54) is 0 Å². The lowest BCUT2D eigenvalue weighted by atomic mass is 10.1. The number of nitrogens with one attached hydrogen (secondary N) is 1. The number of aliphatic hydroxyl groups is 1. The molecule has 0 bridgehead atoms. The van der Waals surface area contributed by atoms with Crippen LogP contribution >= 0.6 is 0 Å². The van der Waals surface area contributed by atoms with E-state index >= 15 is 0 Å². The SMILES string of the molecule is N=C(N)c1ccncc1N1CCN(CCO)CC1. The van der Waals surface area contributed by atoms with Crippen molar-refractivity contribution in [2.75, 3.05) is 44.2 Å². The minimum atomic E-state index is 0.0742. The van der Waals surface area contributed by atoms with E-state index in [0.29, 0.717) is 0 Å². The molecule has 0 unspecified atom stereocenters. The number of anilines is 1. The maximum atomic E-state index is 8.91. The van der Waals surface area contributed by atoms with E-state index in [2.05, 4.69) is 14.8 Å². The third-order valence-electron chi connectivity index (χ3n) is 3.22. The Kier molecular flexibility index (Phi) is 4.11. The summed E-state index contributed by atoms with van der Waals surface area (Å²) in [6.45, 7) is 4.48. The van der Waals surface area contributed by atoms with Crippen LogP contribution < -0.4 is 10.6 Å². The van der Waals surface area contributed by atoms with E-state index in [1.807, 2.05) is 0 Å². The minimum Gasteiger partial charge on any atom is -0.395 e. The summed E-state index contributed by atoms with van der Waals surface area (Å²) in [5, 5.41) is 16.5. The number of hydrogen-bond donors (Lipinski definition) is 3. The first-order valence-electron chi connectivity index (χ1n) is 6.09. The van der Waals surface area contributed by atoms with Gasteiger partial charge in [-0.15, -0.1) is 0 Å². The monoisotopic (exact) mass is 249 g/mol. The number of aliphatic hydroxyl groups excluding tert-OH is 1. The molecule has 1 aromatic heterocycles. The molecule has 0 spiro atoms. The van der Waals surface area contributed by atoms with Crippen molar-refractivity contribution >= 4 is 11.5 Å². The number of β-amino-alcohol motifs (C(OH)–C–C–N with tert-alkyl or cyclic N) is 1. The van der Waals surface area contributed by atoms with E-state index in [0.717, 1.165) is 44.0 Å². The highest BCUT2D eigenvalue weighted by Crippen LogP contribution is 2.20. The van der Waals surface area contributed by atoms with Gasteiger partial charge in [0.1, 0.15) is 5.84 Å². The smallest absolute Gasteiger partial charge is 0.125 e. The molecule has 1 aromatic rings. The fraction of sp³-hybridized carbons (Fsp3) is 0.500. The lowest BCUT2D eigenvalue weighted by molar-refractivity contribution is 0.189. The Morgan fingerprint density at radius 1 is 1.39 bits per heavy atom. The molecule has 0 aliphatic carbocycles. The van der Waals surface area contributed by atoms with Gasteiger partial charge in [-0.3, -0.25) is 15.3 Å². The molecule has 2 heterocycles. The van der Waals surface area contributed by atoms with Gasteiger partial charge in [0.05, 0.1) is 18.5 Å². The molecule has 18 heavy (non-hydrogen) atoms. The third-order valence-corrected chi connectivity index (χ3v) is 3.22. The fourth-order valence-corrected chi connectivity index (χ4v) is 2.22.